The predicted octanol–water partition coefficient (Wildman–Crippen LogP) is 2.33. The summed E-state index contributed by atoms with van der Waals surface area (Å²) in [5.41, 5.74) is 0.664. The molecule has 6 nitrogen and oxygen atoms in total. The van der Waals surface area contributed by atoms with E-state index in [-0.39, 0.29) is 5.92 Å². The maximum atomic E-state index is 12.0. The van der Waals surface area contributed by atoms with Crippen molar-refractivity contribution in [2.75, 3.05) is 14.2 Å². The van der Waals surface area contributed by atoms with Crippen LogP contribution in [0.4, 0.5) is 0 Å². The van der Waals surface area contributed by atoms with E-state index in [0.717, 1.165) is 0 Å². The number of carboxylic acids is 1. The Morgan fingerprint density at radius 2 is 2.00 bits per heavy atom. The quantitative estimate of drug-likeness (QED) is 0.718. The Hall–Kier alpha value is -2.50. The van der Waals surface area contributed by atoms with Crippen molar-refractivity contribution in [1.29, 1.82) is 0 Å². The molecule has 6 heteroatoms. The van der Waals surface area contributed by atoms with E-state index in [1.54, 1.807) is 31.2 Å². The highest BCUT2D eigenvalue weighted by Crippen LogP contribution is 2.31. The molecular weight excluding hydrogens is 298 g/mol. The van der Waals surface area contributed by atoms with E-state index in [9.17, 15) is 14.7 Å². The zero-order chi connectivity index (χ0) is 17.4. The second kappa shape index (κ2) is 8.82. The molecule has 0 saturated heterocycles. The molecule has 23 heavy (non-hydrogen) atoms. The Bertz CT molecular complexity index is 582. The SMILES string of the molecule is CCC(C)C(NC(=O)/C=C/c1cccc(OC)c1OC)C(=O)O. The standard InChI is InChI=1S/C17H23NO5/c1-5-11(2)15(17(20)21)18-14(19)10-9-12-7-6-8-13(22-3)16(12)23-4/h6-11,15H,5H2,1-4H3,(H,18,19)(H,20,21)/b10-9+. The van der Waals surface area contributed by atoms with Crippen molar-refractivity contribution >= 4 is 18.0 Å². The highest BCUT2D eigenvalue weighted by atomic mass is 16.5. The van der Waals surface area contributed by atoms with Crippen molar-refractivity contribution in [3.8, 4) is 11.5 Å². The number of carbonyl (C=O) groups is 2. The fourth-order valence-electron chi connectivity index (χ4n) is 2.09. The van der Waals surface area contributed by atoms with Crippen molar-refractivity contribution in [2.24, 2.45) is 5.92 Å². The Balaban J connectivity index is 2.88. The van der Waals surface area contributed by atoms with Gasteiger partial charge in [-0.2, -0.15) is 0 Å². The van der Waals surface area contributed by atoms with Gasteiger partial charge < -0.3 is 19.9 Å². The third-order valence-corrected chi connectivity index (χ3v) is 3.62. The van der Waals surface area contributed by atoms with Crippen LogP contribution in [0.3, 0.4) is 0 Å². The summed E-state index contributed by atoms with van der Waals surface area (Å²) < 4.78 is 10.5. The van der Waals surface area contributed by atoms with E-state index in [2.05, 4.69) is 5.32 Å². The molecule has 126 valence electrons. The summed E-state index contributed by atoms with van der Waals surface area (Å²) in [4.78, 5) is 23.2. The molecule has 2 unspecified atom stereocenters. The van der Waals surface area contributed by atoms with Gasteiger partial charge in [-0.1, -0.05) is 32.4 Å². The van der Waals surface area contributed by atoms with Crippen LogP contribution in [0.1, 0.15) is 25.8 Å². The van der Waals surface area contributed by atoms with Gasteiger partial charge in [0.25, 0.3) is 0 Å². The molecule has 0 radical (unpaired) electrons. The van der Waals surface area contributed by atoms with Crippen molar-refractivity contribution in [3.63, 3.8) is 0 Å². The maximum Gasteiger partial charge on any atom is 0.326 e. The number of hydrogen-bond donors (Lipinski definition) is 2. The van der Waals surface area contributed by atoms with Gasteiger partial charge >= 0.3 is 5.97 Å². The molecule has 2 atom stereocenters. The molecule has 0 aliphatic heterocycles. The van der Waals surface area contributed by atoms with Crippen LogP contribution in [0.15, 0.2) is 24.3 Å². The molecule has 0 spiro atoms. The fourth-order valence-corrected chi connectivity index (χ4v) is 2.09. The Labute approximate surface area is 136 Å². The second-order valence-electron chi connectivity index (χ2n) is 5.13. The van der Waals surface area contributed by atoms with Gasteiger partial charge in [-0.25, -0.2) is 4.79 Å². The lowest BCUT2D eigenvalue weighted by atomic mass is 9.99. The summed E-state index contributed by atoms with van der Waals surface area (Å²) in [6.07, 6.45) is 3.51. The maximum absolute atomic E-state index is 12.0. The summed E-state index contributed by atoms with van der Waals surface area (Å²) in [6, 6.07) is 4.39. The number of para-hydroxylation sites is 1. The zero-order valence-electron chi connectivity index (χ0n) is 13.8. The van der Waals surface area contributed by atoms with Gasteiger partial charge in [-0.15, -0.1) is 0 Å². The molecule has 1 rings (SSSR count). The average molecular weight is 321 g/mol. The number of aliphatic carboxylic acids is 1. The van der Waals surface area contributed by atoms with Crippen LogP contribution >= 0.6 is 0 Å². The minimum absolute atomic E-state index is 0.156. The normalized spacial score (nSPS) is 13.4. The summed E-state index contributed by atoms with van der Waals surface area (Å²) in [7, 11) is 3.04. The molecule has 0 bridgehead atoms. The lowest BCUT2D eigenvalue weighted by molar-refractivity contribution is -0.142. The predicted molar refractivity (Wildman–Crippen MR) is 87.6 cm³/mol. The number of carboxylic acid groups (broad SMARTS) is 1. The van der Waals surface area contributed by atoms with Crippen molar-refractivity contribution in [1.82, 2.24) is 5.32 Å². The number of amides is 1. The highest BCUT2D eigenvalue weighted by molar-refractivity contribution is 5.94. The first-order valence-corrected chi connectivity index (χ1v) is 7.36. The van der Waals surface area contributed by atoms with E-state index in [0.29, 0.717) is 23.5 Å². The zero-order valence-corrected chi connectivity index (χ0v) is 13.8. The number of carbonyl (C=O) groups excluding carboxylic acids is 1. The third-order valence-electron chi connectivity index (χ3n) is 3.62. The molecular formula is C17H23NO5. The summed E-state index contributed by atoms with van der Waals surface area (Å²) in [5, 5.41) is 11.7. The van der Waals surface area contributed by atoms with Gasteiger partial charge in [-0.3, -0.25) is 4.79 Å². The minimum Gasteiger partial charge on any atom is -0.493 e. The Morgan fingerprint density at radius 1 is 1.30 bits per heavy atom. The lowest BCUT2D eigenvalue weighted by Gasteiger charge is -2.19. The molecule has 0 heterocycles. The van der Waals surface area contributed by atoms with Crippen LogP contribution in [0, 0.1) is 5.92 Å². The van der Waals surface area contributed by atoms with Crippen LogP contribution in [-0.2, 0) is 9.59 Å². The van der Waals surface area contributed by atoms with Gasteiger partial charge in [0.1, 0.15) is 6.04 Å². The topological polar surface area (TPSA) is 84.9 Å². The van der Waals surface area contributed by atoms with Gasteiger partial charge in [0.05, 0.1) is 14.2 Å². The van der Waals surface area contributed by atoms with Crippen LogP contribution in [0.2, 0.25) is 0 Å². The number of benzene rings is 1. The van der Waals surface area contributed by atoms with E-state index < -0.39 is 17.9 Å². The highest BCUT2D eigenvalue weighted by Gasteiger charge is 2.24. The number of ether oxygens (including phenoxy) is 2. The molecule has 1 amide bonds. The lowest BCUT2D eigenvalue weighted by Crippen LogP contribution is -2.44. The molecule has 1 aromatic rings. The van der Waals surface area contributed by atoms with Crippen LogP contribution < -0.4 is 14.8 Å². The van der Waals surface area contributed by atoms with E-state index in [1.165, 1.54) is 20.3 Å². The molecule has 0 saturated carbocycles. The van der Waals surface area contributed by atoms with Crippen molar-refractivity contribution in [3.05, 3.63) is 29.8 Å². The Morgan fingerprint density at radius 3 is 2.52 bits per heavy atom. The van der Waals surface area contributed by atoms with Crippen molar-refractivity contribution in [2.45, 2.75) is 26.3 Å². The number of rotatable bonds is 8. The number of nitrogens with one attached hydrogen (secondary N) is 1. The van der Waals surface area contributed by atoms with Crippen LogP contribution in [0.25, 0.3) is 6.08 Å². The van der Waals surface area contributed by atoms with Gasteiger partial charge in [-0.05, 0) is 18.1 Å². The molecule has 0 aliphatic rings. The summed E-state index contributed by atoms with van der Waals surface area (Å²) >= 11 is 0. The molecule has 0 aromatic heterocycles. The number of methoxy groups -OCH3 is 2. The fraction of sp³-hybridized carbons (Fsp3) is 0.412. The summed E-state index contributed by atoms with van der Waals surface area (Å²) in [6.45, 7) is 3.66. The largest absolute Gasteiger partial charge is 0.493 e. The van der Waals surface area contributed by atoms with Crippen molar-refractivity contribution < 1.29 is 24.2 Å². The number of hydrogen-bond acceptors (Lipinski definition) is 4. The van der Waals surface area contributed by atoms with E-state index in [1.807, 2.05) is 6.92 Å². The molecule has 0 fully saturated rings. The first-order valence-electron chi connectivity index (χ1n) is 7.36. The minimum atomic E-state index is -1.04. The van der Waals surface area contributed by atoms with Gasteiger partial charge in [0.2, 0.25) is 5.91 Å². The summed E-state index contributed by atoms with van der Waals surface area (Å²) in [5.74, 6) is -0.604. The monoisotopic (exact) mass is 321 g/mol. The average Bonchev–Trinajstić information content (AvgIpc) is 2.56. The Kier molecular flexibility index (Phi) is 7.12. The molecule has 1 aromatic carbocycles. The van der Waals surface area contributed by atoms with Crippen LogP contribution in [0.5, 0.6) is 11.5 Å². The first-order chi connectivity index (χ1) is 10.9. The van der Waals surface area contributed by atoms with Gasteiger partial charge in [0, 0.05) is 11.6 Å². The molecule has 0 aliphatic carbocycles. The smallest absolute Gasteiger partial charge is 0.326 e. The first kappa shape index (κ1) is 18.5. The second-order valence-corrected chi connectivity index (χ2v) is 5.13. The van der Waals surface area contributed by atoms with E-state index in [4.69, 9.17) is 9.47 Å². The molecule has 2 N–H and O–H groups in total. The third kappa shape index (κ3) is 5.02. The van der Waals surface area contributed by atoms with E-state index >= 15 is 0 Å². The van der Waals surface area contributed by atoms with Gasteiger partial charge in [0.15, 0.2) is 11.5 Å². The van der Waals surface area contributed by atoms with Crippen LogP contribution in [-0.4, -0.2) is 37.2 Å².